The molecule has 0 aromatic rings. The predicted molar refractivity (Wildman–Crippen MR) is 65.4 cm³/mol. The van der Waals surface area contributed by atoms with Gasteiger partial charge in [-0.15, -0.1) is 0 Å². The molecule has 0 spiro atoms. The van der Waals surface area contributed by atoms with E-state index in [1.807, 2.05) is 0 Å². The molecule has 0 bridgehead atoms. The summed E-state index contributed by atoms with van der Waals surface area (Å²) in [6.07, 6.45) is 2.54. The summed E-state index contributed by atoms with van der Waals surface area (Å²) in [5.74, 6) is 0.546. The van der Waals surface area contributed by atoms with Crippen molar-refractivity contribution in [3.8, 4) is 0 Å². The van der Waals surface area contributed by atoms with Crippen molar-refractivity contribution < 1.29 is 4.74 Å². The predicted octanol–water partition coefficient (Wildman–Crippen LogP) is 4.20. The van der Waals surface area contributed by atoms with Crippen LogP contribution in [-0.4, -0.2) is 22.8 Å². The van der Waals surface area contributed by atoms with Crippen LogP contribution in [0.1, 0.15) is 54.4 Å². The SMILES string of the molecule is CC(C)(C)P(C1CCCO1)C(C)(C)C. The summed E-state index contributed by atoms with van der Waals surface area (Å²) < 4.78 is 5.90. The monoisotopic (exact) mass is 216 g/mol. The van der Waals surface area contributed by atoms with Gasteiger partial charge in [-0.25, -0.2) is 0 Å². The molecule has 1 fully saturated rings. The molecule has 0 aromatic heterocycles. The van der Waals surface area contributed by atoms with Gasteiger partial charge in [-0.05, 0) is 23.2 Å². The summed E-state index contributed by atoms with van der Waals surface area (Å²) in [6, 6.07) is 0. The summed E-state index contributed by atoms with van der Waals surface area (Å²) in [7, 11) is -0.0661. The first-order chi connectivity index (χ1) is 6.23. The van der Waals surface area contributed by atoms with Gasteiger partial charge in [0.1, 0.15) is 0 Å². The van der Waals surface area contributed by atoms with Crippen molar-refractivity contribution >= 4 is 7.92 Å². The van der Waals surface area contributed by atoms with Crippen LogP contribution in [0.25, 0.3) is 0 Å². The van der Waals surface area contributed by atoms with E-state index in [1.165, 1.54) is 12.8 Å². The first-order valence-electron chi connectivity index (χ1n) is 5.64. The van der Waals surface area contributed by atoms with Gasteiger partial charge in [0.2, 0.25) is 0 Å². The number of hydrogen-bond donors (Lipinski definition) is 0. The molecule has 1 atom stereocenters. The fraction of sp³-hybridized carbons (Fsp3) is 1.00. The third-order valence-electron chi connectivity index (χ3n) is 2.64. The number of ether oxygens (including phenoxy) is 1. The molecular formula is C12H25OP. The Kier molecular flexibility index (Phi) is 3.65. The highest BCUT2D eigenvalue weighted by Crippen LogP contribution is 2.64. The Morgan fingerprint density at radius 2 is 1.50 bits per heavy atom. The Morgan fingerprint density at radius 1 is 1.00 bits per heavy atom. The average molecular weight is 216 g/mol. The molecule has 1 nitrogen and oxygen atoms in total. The third-order valence-corrected chi connectivity index (χ3v) is 6.51. The van der Waals surface area contributed by atoms with Gasteiger partial charge in [-0.1, -0.05) is 49.5 Å². The lowest BCUT2D eigenvalue weighted by atomic mass is 10.2. The fourth-order valence-electron chi connectivity index (χ4n) is 2.63. The quantitative estimate of drug-likeness (QED) is 0.597. The van der Waals surface area contributed by atoms with Crippen molar-refractivity contribution in [3.05, 3.63) is 0 Å². The molecule has 0 aliphatic carbocycles. The van der Waals surface area contributed by atoms with Crippen LogP contribution in [0.5, 0.6) is 0 Å². The molecule has 0 aromatic carbocycles. The summed E-state index contributed by atoms with van der Waals surface area (Å²) >= 11 is 0. The molecule has 0 radical (unpaired) electrons. The molecule has 0 N–H and O–H groups in total. The van der Waals surface area contributed by atoms with Gasteiger partial charge in [0.15, 0.2) is 0 Å². The summed E-state index contributed by atoms with van der Waals surface area (Å²) in [5.41, 5.74) is 0. The lowest BCUT2D eigenvalue weighted by molar-refractivity contribution is 0.166. The van der Waals surface area contributed by atoms with Gasteiger partial charge in [0.25, 0.3) is 0 Å². The van der Waals surface area contributed by atoms with Crippen LogP contribution in [-0.2, 0) is 4.74 Å². The second kappa shape index (κ2) is 4.10. The van der Waals surface area contributed by atoms with E-state index >= 15 is 0 Å². The standard InChI is InChI=1S/C12H25OP/c1-11(2,3)14(12(4,5)6)10-8-7-9-13-10/h10H,7-9H2,1-6H3. The Bertz CT molecular complexity index is 167. The maximum absolute atomic E-state index is 5.90. The highest BCUT2D eigenvalue weighted by Gasteiger charge is 2.41. The van der Waals surface area contributed by atoms with Gasteiger partial charge in [-0.3, -0.25) is 0 Å². The van der Waals surface area contributed by atoms with Crippen molar-refractivity contribution in [2.45, 2.75) is 70.5 Å². The molecule has 84 valence electrons. The highest BCUT2D eigenvalue weighted by atomic mass is 31.1. The minimum Gasteiger partial charge on any atom is -0.374 e. The normalized spacial score (nSPS) is 24.6. The second-order valence-electron chi connectivity index (χ2n) is 6.18. The summed E-state index contributed by atoms with van der Waals surface area (Å²) in [4.78, 5) is 0. The maximum Gasteiger partial charge on any atom is 0.0775 e. The van der Waals surface area contributed by atoms with E-state index in [0.717, 1.165) is 6.61 Å². The molecule has 1 aliphatic rings. The Labute approximate surface area is 90.4 Å². The lowest BCUT2D eigenvalue weighted by Gasteiger charge is -2.44. The molecule has 1 saturated heterocycles. The van der Waals surface area contributed by atoms with E-state index in [2.05, 4.69) is 41.5 Å². The zero-order valence-electron chi connectivity index (χ0n) is 10.6. The minimum absolute atomic E-state index is 0.0661. The van der Waals surface area contributed by atoms with E-state index in [1.54, 1.807) is 0 Å². The van der Waals surface area contributed by atoms with E-state index in [4.69, 9.17) is 4.74 Å². The van der Waals surface area contributed by atoms with Gasteiger partial charge >= 0.3 is 0 Å². The van der Waals surface area contributed by atoms with Crippen LogP contribution in [0.2, 0.25) is 0 Å². The van der Waals surface area contributed by atoms with Crippen LogP contribution >= 0.6 is 7.92 Å². The van der Waals surface area contributed by atoms with Gasteiger partial charge in [0.05, 0.1) is 5.85 Å². The van der Waals surface area contributed by atoms with Gasteiger partial charge in [-0.2, -0.15) is 0 Å². The molecule has 1 heterocycles. The average Bonchev–Trinajstić information content (AvgIpc) is 2.31. The van der Waals surface area contributed by atoms with E-state index < -0.39 is 0 Å². The van der Waals surface area contributed by atoms with E-state index in [0.29, 0.717) is 16.2 Å². The number of rotatable bonds is 1. The molecule has 0 saturated carbocycles. The smallest absolute Gasteiger partial charge is 0.0775 e. The second-order valence-corrected chi connectivity index (χ2v) is 10.2. The van der Waals surface area contributed by atoms with Crippen LogP contribution < -0.4 is 0 Å². The van der Waals surface area contributed by atoms with Crippen LogP contribution in [0.4, 0.5) is 0 Å². The van der Waals surface area contributed by atoms with Crippen molar-refractivity contribution in [1.29, 1.82) is 0 Å². The topological polar surface area (TPSA) is 9.23 Å². The Morgan fingerprint density at radius 3 is 1.79 bits per heavy atom. The van der Waals surface area contributed by atoms with Gasteiger partial charge < -0.3 is 4.74 Å². The van der Waals surface area contributed by atoms with Crippen LogP contribution in [0, 0.1) is 0 Å². The fourth-order valence-corrected chi connectivity index (χ4v) is 7.07. The van der Waals surface area contributed by atoms with E-state index in [9.17, 15) is 0 Å². The molecule has 1 rings (SSSR count). The van der Waals surface area contributed by atoms with Crippen molar-refractivity contribution in [2.75, 3.05) is 6.61 Å². The van der Waals surface area contributed by atoms with Crippen LogP contribution in [0.3, 0.4) is 0 Å². The maximum atomic E-state index is 5.90. The first-order valence-corrected chi connectivity index (χ1v) is 7.05. The number of hydrogen-bond acceptors (Lipinski definition) is 1. The molecule has 1 unspecified atom stereocenters. The van der Waals surface area contributed by atoms with Crippen molar-refractivity contribution in [3.63, 3.8) is 0 Å². The van der Waals surface area contributed by atoms with Crippen molar-refractivity contribution in [1.82, 2.24) is 0 Å². The van der Waals surface area contributed by atoms with Gasteiger partial charge in [0, 0.05) is 6.61 Å². The highest BCUT2D eigenvalue weighted by molar-refractivity contribution is 7.61. The van der Waals surface area contributed by atoms with E-state index in [-0.39, 0.29) is 7.92 Å². The summed E-state index contributed by atoms with van der Waals surface area (Å²) in [6.45, 7) is 15.2. The molecule has 14 heavy (non-hydrogen) atoms. The molecular weight excluding hydrogens is 191 g/mol. The lowest BCUT2D eigenvalue weighted by Crippen LogP contribution is -2.31. The zero-order chi connectivity index (χ0) is 11.0. The third kappa shape index (κ3) is 2.94. The largest absolute Gasteiger partial charge is 0.374 e. The van der Waals surface area contributed by atoms with Crippen molar-refractivity contribution in [2.24, 2.45) is 0 Å². The minimum atomic E-state index is -0.0661. The van der Waals surface area contributed by atoms with Crippen LogP contribution in [0.15, 0.2) is 0 Å². The molecule has 1 aliphatic heterocycles. The molecule has 2 heteroatoms. The Hall–Kier alpha value is 0.390. The molecule has 0 amide bonds. The Balaban J connectivity index is 2.82. The zero-order valence-corrected chi connectivity index (χ0v) is 11.4. The first kappa shape index (κ1) is 12.5. The summed E-state index contributed by atoms with van der Waals surface area (Å²) in [5, 5.41) is 0.811.